The lowest BCUT2D eigenvalue weighted by Gasteiger charge is -1.94. The Morgan fingerprint density at radius 2 is 2.00 bits per heavy atom. The molecule has 0 unspecified atom stereocenters. The van der Waals surface area contributed by atoms with Crippen LogP contribution in [-0.2, 0) is 0 Å². The molecule has 1 N–H and O–H groups in total. The van der Waals surface area contributed by atoms with Gasteiger partial charge < -0.3 is 5.11 Å². The van der Waals surface area contributed by atoms with Crippen molar-refractivity contribution in [2.75, 3.05) is 0 Å². The molecule has 0 aliphatic heterocycles. The van der Waals surface area contributed by atoms with Crippen molar-refractivity contribution in [2.24, 2.45) is 0 Å². The lowest BCUT2D eigenvalue weighted by Crippen LogP contribution is -2.01. The Morgan fingerprint density at radius 1 is 1.36 bits per heavy atom. The summed E-state index contributed by atoms with van der Waals surface area (Å²) in [6.07, 6.45) is 0. The van der Waals surface area contributed by atoms with Gasteiger partial charge in [-0.3, -0.25) is 0 Å². The molecule has 2 aromatic rings. The van der Waals surface area contributed by atoms with Crippen molar-refractivity contribution in [1.29, 1.82) is 0 Å². The first-order chi connectivity index (χ1) is 6.63. The predicted molar refractivity (Wildman–Crippen MR) is 55.2 cm³/mol. The molecule has 1 heterocycles. The Kier molecular flexibility index (Phi) is 2.13. The number of aromatic nitrogens is 1. The van der Waals surface area contributed by atoms with E-state index in [1.165, 1.54) is 0 Å². The Bertz CT molecular complexity index is 480. The first-order valence-electron chi connectivity index (χ1n) is 3.81. The van der Waals surface area contributed by atoms with Gasteiger partial charge in [0.2, 0.25) is 0 Å². The quantitative estimate of drug-likeness (QED) is 0.818. The number of carbonyl (C=O) groups is 1. The number of carboxylic acid groups (broad SMARTS) is 1. The van der Waals surface area contributed by atoms with Gasteiger partial charge in [-0.25, -0.2) is 8.88 Å². The number of para-hydroxylation sites is 1. The average molecular weight is 230 g/mol. The summed E-state index contributed by atoms with van der Waals surface area (Å²) < 4.78 is 1.06. The van der Waals surface area contributed by atoms with E-state index >= 15 is 0 Å². The molecule has 3 nitrogen and oxygen atoms in total. The van der Waals surface area contributed by atoms with Gasteiger partial charge in [0.25, 0.3) is 0 Å². The molecule has 1 aromatic heterocycles. The second-order valence-corrected chi connectivity index (χ2v) is 3.48. The summed E-state index contributed by atoms with van der Waals surface area (Å²) in [6.45, 7) is 0. The molecular formula is C9H5Cl2NO2. The Morgan fingerprint density at radius 3 is 2.57 bits per heavy atom. The molecule has 2 rings (SSSR count). The molecule has 0 amide bonds. The number of hydrogen-bond acceptors (Lipinski definition) is 1. The van der Waals surface area contributed by atoms with Crippen LogP contribution >= 0.6 is 23.4 Å². The van der Waals surface area contributed by atoms with Gasteiger partial charge in [0.05, 0.1) is 10.5 Å². The van der Waals surface area contributed by atoms with Crippen LogP contribution in [0.15, 0.2) is 24.3 Å². The highest BCUT2D eigenvalue weighted by atomic mass is 35.5. The van der Waals surface area contributed by atoms with Crippen molar-refractivity contribution in [3.8, 4) is 0 Å². The average Bonchev–Trinajstić information content (AvgIpc) is 2.41. The maximum absolute atomic E-state index is 10.8. The highest BCUT2D eigenvalue weighted by Crippen LogP contribution is 2.31. The van der Waals surface area contributed by atoms with Gasteiger partial charge in [0.1, 0.15) is 0 Å². The Hall–Kier alpha value is -1.19. The summed E-state index contributed by atoms with van der Waals surface area (Å²) >= 11 is 11.7. The maximum atomic E-state index is 10.8. The summed E-state index contributed by atoms with van der Waals surface area (Å²) in [5.41, 5.74) is 0.492. The summed E-state index contributed by atoms with van der Waals surface area (Å²) in [6, 6.07) is 6.98. The molecule has 1 aromatic carbocycles. The van der Waals surface area contributed by atoms with E-state index in [1.807, 2.05) is 0 Å². The second kappa shape index (κ2) is 3.19. The predicted octanol–water partition coefficient (Wildman–Crippen LogP) is 2.99. The molecule has 0 aliphatic carbocycles. The molecule has 0 saturated heterocycles. The number of nitrogens with zero attached hydrogens (tertiary/aromatic N) is 1. The van der Waals surface area contributed by atoms with Crippen LogP contribution in [0.4, 0.5) is 0 Å². The monoisotopic (exact) mass is 229 g/mol. The number of benzene rings is 1. The van der Waals surface area contributed by atoms with Crippen LogP contribution in [0, 0.1) is 0 Å². The number of aromatic carboxylic acids is 1. The minimum atomic E-state index is -1.14. The number of carboxylic acids is 1. The zero-order valence-corrected chi connectivity index (χ0v) is 8.38. The number of halogens is 2. The van der Waals surface area contributed by atoms with E-state index in [1.54, 1.807) is 24.3 Å². The molecule has 0 aliphatic rings. The molecule has 0 spiro atoms. The van der Waals surface area contributed by atoms with E-state index in [4.69, 9.17) is 28.5 Å². The summed E-state index contributed by atoms with van der Waals surface area (Å²) in [5.74, 6) is -1.14. The van der Waals surface area contributed by atoms with E-state index in [0.717, 1.165) is 4.09 Å². The van der Waals surface area contributed by atoms with Crippen molar-refractivity contribution in [2.45, 2.75) is 0 Å². The third kappa shape index (κ3) is 1.17. The lowest BCUT2D eigenvalue weighted by molar-refractivity contribution is 0.0690. The van der Waals surface area contributed by atoms with Crippen LogP contribution in [0.2, 0.25) is 5.02 Å². The number of fused-ring (bicyclic) bond motifs is 1. The molecule has 5 heteroatoms. The van der Waals surface area contributed by atoms with Crippen LogP contribution in [0.5, 0.6) is 0 Å². The Balaban J connectivity index is 2.92. The van der Waals surface area contributed by atoms with Crippen molar-refractivity contribution in [3.05, 3.63) is 35.0 Å². The van der Waals surface area contributed by atoms with Crippen molar-refractivity contribution < 1.29 is 9.90 Å². The molecular weight excluding hydrogens is 225 g/mol. The molecule has 0 saturated carbocycles. The van der Waals surface area contributed by atoms with Crippen LogP contribution in [0.25, 0.3) is 10.9 Å². The lowest BCUT2D eigenvalue weighted by atomic mass is 10.2. The first-order valence-corrected chi connectivity index (χ1v) is 4.53. The summed E-state index contributed by atoms with van der Waals surface area (Å²) in [4.78, 5) is 10.8. The number of rotatable bonds is 1. The third-order valence-corrected chi connectivity index (χ3v) is 2.69. The van der Waals surface area contributed by atoms with Crippen molar-refractivity contribution >= 4 is 40.2 Å². The first kappa shape index (κ1) is 9.37. The highest BCUT2D eigenvalue weighted by molar-refractivity contribution is 6.40. The van der Waals surface area contributed by atoms with Gasteiger partial charge in [0, 0.05) is 17.2 Å². The second-order valence-electron chi connectivity index (χ2n) is 2.77. The zero-order valence-electron chi connectivity index (χ0n) is 6.87. The van der Waals surface area contributed by atoms with Gasteiger partial charge in [-0.05, 0) is 6.07 Å². The fourth-order valence-electron chi connectivity index (χ4n) is 1.34. The van der Waals surface area contributed by atoms with E-state index in [2.05, 4.69) is 0 Å². The van der Waals surface area contributed by atoms with Gasteiger partial charge in [0.15, 0.2) is 5.69 Å². The fourth-order valence-corrected chi connectivity index (χ4v) is 2.02. The fraction of sp³-hybridized carbons (Fsp3) is 0. The number of hydrogen-bond donors (Lipinski definition) is 1. The molecule has 0 fully saturated rings. The van der Waals surface area contributed by atoms with Crippen LogP contribution in [0.3, 0.4) is 0 Å². The molecule has 72 valence electrons. The van der Waals surface area contributed by atoms with Crippen LogP contribution in [-0.4, -0.2) is 15.2 Å². The van der Waals surface area contributed by atoms with E-state index in [0.29, 0.717) is 10.9 Å². The normalized spacial score (nSPS) is 10.7. The molecule has 14 heavy (non-hydrogen) atoms. The minimum absolute atomic E-state index is 0.102. The largest absolute Gasteiger partial charge is 0.476 e. The SMILES string of the molecule is O=C(O)c1c(Cl)c2ccccc2n1Cl. The standard InChI is InChI=1S/C9H5Cl2NO2/c10-7-5-3-1-2-4-6(5)12(11)8(7)9(13)14/h1-4H,(H,13,14). The van der Waals surface area contributed by atoms with Crippen molar-refractivity contribution in [1.82, 2.24) is 4.09 Å². The van der Waals surface area contributed by atoms with E-state index in [9.17, 15) is 4.79 Å². The summed E-state index contributed by atoms with van der Waals surface area (Å²) in [7, 11) is 0. The zero-order chi connectivity index (χ0) is 10.3. The van der Waals surface area contributed by atoms with Gasteiger partial charge in [-0.2, -0.15) is 0 Å². The Labute approximate surface area is 89.6 Å². The van der Waals surface area contributed by atoms with E-state index in [-0.39, 0.29) is 10.7 Å². The summed E-state index contributed by atoms with van der Waals surface area (Å²) in [5, 5.41) is 9.67. The van der Waals surface area contributed by atoms with Crippen molar-refractivity contribution in [3.63, 3.8) is 0 Å². The van der Waals surface area contributed by atoms with Crippen LogP contribution in [0.1, 0.15) is 10.5 Å². The van der Waals surface area contributed by atoms with Crippen LogP contribution < -0.4 is 0 Å². The van der Waals surface area contributed by atoms with Gasteiger partial charge in [-0.15, -0.1) is 0 Å². The molecule has 0 atom stereocenters. The topological polar surface area (TPSA) is 42.2 Å². The highest BCUT2D eigenvalue weighted by Gasteiger charge is 2.19. The van der Waals surface area contributed by atoms with Gasteiger partial charge in [-0.1, -0.05) is 29.8 Å². The molecule has 0 radical (unpaired) electrons. The maximum Gasteiger partial charge on any atom is 0.355 e. The third-order valence-electron chi connectivity index (χ3n) is 1.96. The van der Waals surface area contributed by atoms with Gasteiger partial charge >= 0.3 is 5.97 Å². The van der Waals surface area contributed by atoms with E-state index < -0.39 is 5.97 Å². The smallest absolute Gasteiger partial charge is 0.355 e. The minimum Gasteiger partial charge on any atom is -0.476 e. The molecule has 0 bridgehead atoms.